The number of likely N-dealkylation sites (N-methyl/N-ethyl adjacent to an activating group) is 2. The van der Waals surface area contributed by atoms with Gasteiger partial charge in [0.15, 0.2) is 5.79 Å². The minimum absolute atomic E-state index is 0.0616. The highest BCUT2D eigenvalue weighted by Gasteiger charge is 2.50. The number of unbranched alkanes of at least 4 members (excludes halogenated alkanes) is 21. The second kappa shape index (κ2) is 36.8. The van der Waals surface area contributed by atoms with Crippen LogP contribution in [-0.4, -0.2) is 81.7 Å². The van der Waals surface area contributed by atoms with Gasteiger partial charge in [0.25, 0.3) is 6.47 Å². The van der Waals surface area contributed by atoms with Gasteiger partial charge in [-0.15, -0.1) is 0 Å². The molecule has 2 fully saturated rings. The molecule has 0 saturated carbocycles. The average Bonchev–Trinajstić information content (AvgIpc) is 3.51. The first-order chi connectivity index (χ1) is 26.9. The summed E-state index contributed by atoms with van der Waals surface area (Å²) < 4.78 is 18.1. The second-order valence-electron chi connectivity index (χ2n) is 17.1. The topological polar surface area (TPSA) is 51.2 Å². The average molecular weight is 773 g/mol. The zero-order valence-electron chi connectivity index (χ0n) is 37.3. The molecule has 0 aromatic carbocycles. The minimum Gasteiger partial charge on any atom is -0.467 e. The Morgan fingerprint density at radius 1 is 0.636 bits per heavy atom. The van der Waals surface area contributed by atoms with Crippen molar-refractivity contribution in [1.82, 2.24) is 9.80 Å². The van der Waals surface area contributed by atoms with E-state index in [1.54, 1.807) is 0 Å². The number of hydrogen-bond acceptors (Lipinski definition) is 6. The fraction of sp³-hybridized carbons (Fsp3) is 0.857. The molecule has 2 atom stereocenters. The second-order valence-corrected chi connectivity index (χ2v) is 17.1. The van der Waals surface area contributed by atoms with E-state index in [1.165, 1.54) is 173 Å². The van der Waals surface area contributed by atoms with E-state index in [1.807, 2.05) is 19.0 Å². The number of rotatable bonds is 35. The fourth-order valence-corrected chi connectivity index (χ4v) is 7.92. The van der Waals surface area contributed by atoms with E-state index < -0.39 is 0 Å². The molecule has 6 heteroatoms. The van der Waals surface area contributed by atoms with Crippen LogP contribution in [0.15, 0.2) is 36.5 Å². The molecule has 2 saturated heterocycles. The normalized spacial score (nSPS) is 20.4. The monoisotopic (exact) mass is 773 g/mol. The Bertz CT molecular complexity index is 936. The molecule has 2 aliphatic rings. The van der Waals surface area contributed by atoms with Crippen molar-refractivity contribution in [2.45, 2.75) is 218 Å². The molecule has 0 bridgehead atoms. The van der Waals surface area contributed by atoms with Crippen molar-refractivity contribution in [1.29, 1.82) is 0 Å². The highest BCUT2D eigenvalue weighted by molar-refractivity contribution is 5.36. The smallest absolute Gasteiger partial charge is 0.293 e. The molecular weight excluding hydrogens is 681 g/mol. The van der Waals surface area contributed by atoms with Crippen molar-refractivity contribution in [3.8, 4) is 0 Å². The SMILES string of the molecule is CCCCC/C=C\C/C=C\CCCCCCCCC1(CCCCCCCC/C=C\CCCCCCCC)OCC2(CCCN(C)C2)O1.CN(C)CCOC=O. The summed E-state index contributed by atoms with van der Waals surface area (Å²) in [6.45, 7) is 9.33. The number of carbonyl (C=O) groups is 1. The third-order valence-corrected chi connectivity index (χ3v) is 11.3. The zero-order chi connectivity index (χ0) is 40.0. The lowest BCUT2D eigenvalue weighted by Crippen LogP contribution is -2.49. The van der Waals surface area contributed by atoms with E-state index >= 15 is 0 Å². The maximum absolute atomic E-state index is 9.55. The Balaban J connectivity index is 0.00000169. The van der Waals surface area contributed by atoms with E-state index in [9.17, 15) is 4.79 Å². The van der Waals surface area contributed by atoms with E-state index in [2.05, 4.69) is 67.0 Å². The van der Waals surface area contributed by atoms with Gasteiger partial charge in [0, 0.05) is 25.9 Å². The molecule has 2 rings (SSSR count). The summed E-state index contributed by atoms with van der Waals surface area (Å²) in [6, 6.07) is 0. The number of hydrogen-bond donors (Lipinski definition) is 0. The first-order valence-electron chi connectivity index (χ1n) is 23.6. The van der Waals surface area contributed by atoms with Crippen molar-refractivity contribution in [2.75, 3.05) is 54.0 Å². The molecule has 1 spiro atoms. The number of carbonyl (C=O) groups excluding carboxylic acids is 1. The zero-order valence-corrected chi connectivity index (χ0v) is 37.3. The van der Waals surface area contributed by atoms with Crippen LogP contribution in [0.25, 0.3) is 0 Å². The summed E-state index contributed by atoms with van der Waals surface area (Å²) in [6.07, 6.45) is 53.4. The Labute approximate surface area is 342 Å². The lowest BCUT2D eigenvalue weighted by Gasteiger charge is -2.39. The summed E-state index contributed by atoms with van der Waals surface area (Å²) in [4.78, 5) is 13.9. The summed E-state index contributed by atoms with van der Waals surface area (Å²) >= 11 is 0. The molecule has 322 valence electrons. The molecule has 0 radical (unpaired) electrons. The standard InChI is InChI=1S/C44H81NO2.C5H11NO2/c1-4-6-8-10-12-14-16-18-20-22-24-26-28-30-32-34-38-44(46-42-43(47-44)37-36-40-45(3)41-43)39-35-33-31-29-27-25-23-21-19-17-15-13-11-9-7-5-2;1-6(2)3-4-8-5-7/h12,14,18-21H,4-11,13,15-17,22-42H2,1-3H3;5H,3-4H2,1-2H3/b14-12-,20-18-,21-19-;. The summed E-state index contributed by atoms with van der Waals surface area (Å²) in [5, 5.41) is 0. The molecule has 0 aromatic rings. The summed E-state index contributed by atoms with van der Waals surface area (Å²) in [5.41, 5.74) is -0.0616. The van der Waals surface area contributed by atoms with Gasteiger partial charge in [0.05, 0.1) is 6.61 Å². The van der Waals surface area contributed by atoms with Crippen LogP contribution in [0.4, 0.5) is 0 Å². The van der Waals surface area contributed by atoms with Crippen molar-refractivity contribution < 1.29 is 19.0 Å². The third kappa shape index (κ3) is 30.3. The van der Waals surface area contributed by atoms with Gasteiger partial charge in [-0.3, -0.25) is 4.79 Å². The molecule has 0 N–H and O–H groups in total. The molecule has 0 aromatic heterocycles. The molecule has 6 nitrogen and oxygen atoms in total. The van der Waals surface area contributed by atoms with E-state index in [-0.39, 0.29) is 11.4 Å². The van der Waals surface area contributed by atoms with Crippen LogP contribution < -0.4 is 0 Å². The van der Waals surface area contributed by atoms with E-state index in [0.29, 0.717) is 13.1 Å². The highest BCUT2D eigenvalue weighted by atomic mass is 16.8. The molecule has 55 heavy (non-hydrogen) atoms. The van der Waals surface area contributed by atoms with Gasteiger partial charge in [-0.2, -0.15) is 0 Å². The van der Waals surface area contributed by atoms with Crippen molar-refractivity contribution >= 4 is 6.47 Å². The third-order valence-electron chi connectivity index (χ3n) is 11.3. The van der Waals surface area contributed by atoms with Crippen LogP contribution in [0.1, 0.15) is 206 Å². The maximum Gasteiger partial charge on any atom is 0.293 e. The van der Waals surface area contributed by atoms with Crippen LogP contribution in [-0.2, 0) is 19.0 Å². The Hall–Kier alpha value is -1.47. The maximum atomic E-state index is 9.55. The van der Waals surface area contributed by atoms with Crippen molar-refractivity contribution in [2.24, 2.45) is 0 Å². The molecule has 0 aliphatic carbocycles. The van der Waals surface area contributed by atoms with Gasteiger partial charge in [0.1, 0.15) is 12.2 Å². The number of likely N-dealkylation sites (tertiary alicyclic amines) is 1. The van der Waals surface area contributed by atoms with Gasteiger partial charge < -0.3 is 24.0 Å². The van der Waals surface area contributed by atoms with Crippen molar-refractivity contribution in [3.05, 3.63) is 36.5 Å². The van der Waals surface area contributed by atoms with Gasteiger partial charge in [-0.25, -0.2) is 0 Å². The van der Waals surface area contributed by atoms with E-state index in [4.69, 9.17) is 9.47 Å². The minimum atomic E-state index is -0.325. The number of allylic oxidation sites excluding steroid dienone is 6. The van der Waals surface area contributed by atoms with Gasteiger partial charge in [0.2, 0.25) is 0 Å². The number of piperidine rings is 1. The molecule has 2 unspecified atom stereocenters. The van der Waals surface area contributed by atoms with Gasteiger partial charge in [-0.05, 0) is 111 Å². The number of nitrogens with zero attached hydrogens (tertiary/aromatic N) is 2. The largest absolute Gasteiger partial charge is 0.467 e. The summed E-state index contributed by atoms with van der Waals surface area (Å²) in [5.74, 6) is -0.325. The van der Waals surface area contributed by atoms with Gasteiger partial charge >= 0.3 is 0 Å². The van der Waals surface area contributed by atoms with Crippen LogP contribution >= 0.6 is 0 Å². The molecule has 2 heterocycles. The fourth-order valence-electron chi connectivity index (χ4n) is 7.92. The molecule has 2 aliphatic heterocycles. The van der Waals surface area contributed by atoms with Crippen LogP contribution in [0.2, 0.25) is 0 Å². The number of ether oxygens (including phenoxy) is 3. The Kier molecular flexibility index (Phi) is 34.5. The molecule has 0 amide bonds. The van der Waals surface area contributed by atoms with Crippen LogP contribution in [0.3, 0.4) is 0 Å². The van der Waals surface area contributed by atoms with Crippen LogP contribution in [0, 0.1) is 0 Å². The quantitative estimate of drug-likeness (QED) is 0.0363. The first kappa shape index (κ1) is 51.5. The van der Waals surface area contributed by atoms with Crippen molar-refractivity contribution in [3.63, 3.8) is 0 Å². The predicted molar refractivity (Wildman–Crippen MR) is 238 cm³/mol. The molecular formula is C49H92N2O4. The van der Waals surface area contributed by atoms with Gasteiger partial charge in [-0.1, -0.05) is 147 Å². The van der Waals surface area contributed by atoms with E-state index in [0.717, 1.165) is 45.4 Å². The lowest BCUT2D eigenvalue weighted by atomic mass is 9.93. The predicted octanol–water partition coefficient (Wildman–Crippen LogP) is 13.5. The van der Waals surface area contributed by atoms with Crippen LogP contribution in [0.5, 0.6) is 0 Å². The first-order valence-corrected chi connectivity index (χ1v) is 23.6. The summed E-state index contributed by atoms with van der Waals surface area (Å²) in [7, 11) is 6.10. The Morgan fingerprint density at radius 3 is 1.58 bits per heavy atom. The Morgan fingerprint density at radius 2 is 1.09 bits per heavy atom. The lowest BCUT2D eigenvalue weighted by molar-refractivity contribution is -0.204. The highest BCUT2D eigenvalue weighted by Crippen LogP contribution is 2.43.